The van der Waals surface area contributed by atoms with E-state index in [1.165, 1.54) is 0 Å². The smallest absolute Gasteiger partial charge is 0.410 e. The Morgan fingerprint density at radius 2 is 1.64 bits per heavy atom. The minimum Gasteiger partial charge on any atom is -0.459 e. The molecule has 0 spiro atoms. The Hall–Kier alpha value is -1.30. The molecule has 0 aromatic rings. The van der Waals surface area contributed by atoms with E-state index in [1.807, 2.05) is 41.5 Å². The Bertz CT molecular complexity index is 423. The maximum atomic E-state index is 12.5. The second kappa shape index (κ2) is 6.44. The highest BCUT2D eigenvalue weighted by atomic mass is 16.6. The predicted octanol–water partition coefficient (Wildman–Crippen LogP) is 2.30. The molecule has 0 aromatic carbocycles. The van der Waals surface area contributed by atoms with Crippen molar-refractivity contribution in [1.29, 1.82) is 0 Å². The number of carbonyl (C=O) groups excluding carboxylic acids is 2. The topological polar surface area (TPSA) is 81.9 Å². The van der Waals surface area contributed by atoms with Crippen LogP contribution in [0.15, 0.2) is 0 Å². The van der Waals surface area contributed by atoms with E-state index in [0.717, 1.165) is 0 Å². The van der Waals surface area contributed by atoms with E-state index in [4.69, 9.17) is 15.2 Å². The number of likely N-dealkylation sites (tertiary alicyclic amines) is 1. The molecule has 6 nitrogen and oxygen atoms in total. The predicted molar refractivity (Wildman–Crippen MR) is 84.4 cm³/mol. The van der Waals surface area contributed by atoms with Gasteiger partial charge < -0.3 is 20.1 Å². The number of carbonyl (C=O) groups is 2. The first kappa shape index (κ1) is 18.7. The van der Waals surface area contributed by atoms with Gasteiger partial charge in [0.1, 0.15) is 11.2 Å². The molecule has 1 heterocycles. The molecule has 6 heteroatoms. The summed E-state index contributed by atoms with van der Waals surface area (Å²) in [6.45, 7) is 11.9. The summed E-state index contributed by atoms with van der Waals surface area (Å²) in [5.74, 6) is -0.337. The van der Waals surface area contributed by atoms with Gasteiger partial charge in [-0.25, -0.2) is 4.79 Å². The quantitative estimate of drug-likeness (QED) is 0.791. The van der Waals surface area contributed by atoms with Crippen molar-refractivity contribution in [2.75, 3.05) is 19.6 Å². The SMILES string of the molecule is CC(C)(C)OC(=O)N1CCCC(CN)(C(=O)OC(C)(C)C)C1. The van der Waals surface area contributed by atoms with Crippen LogP contribution in [-0.2, 0) is 14.3 Å². The maximum absolute atomic E-state index is 12.5. The number of ether oxygens (including phenoxy) is 2. The average molecular weight is 314 g/mol. The van der Waals surface area contributed by atoms with Gasteiger partial charge in [-0.1, -0.05) is 0 Å². The van der Waals surface area contributed by atoms with Gasteiger partial charge >= 0.3 is 12.1 Å². The lowest BCUT2D eigenvalue weighted by atomic mass is 9.80. The Kier molecular flexibility index (Phi) is 5.49. The number of hydrogen-bond donors (Lipinski definition) is 1. The van der Waals surface area contributed by atoms with Crippen LogP contribution in [0, 0.1) is 5.41 Å². The molecule has 1 saturated heterocycles. The van der Waals surface area contributed by atoms with Gasteiger partial charge in [0.2, 0.25) is 0 Å². The van der Waals surface area contributed by atoms with Crippen molar-refractivity contribution in [2.24, 2.45) is 11.1 Å². The van der Waals surface area contributed by atoms with Crippen LogP contribution in [0.25, 0.3) is 0 Å². The van der Waals surface area contributed by atoms with Crippen LogP contribution in [0.1, 0.15) is 54.4 Å². The van der Waals surface area contributed by atoms with Gasteiger partial charge in [0.25, 0.3) is 0 Å². The van der Waals surface area contributed by atoms with Gasteiger partial charge in [-0.2, -0.15) is 0 Å². The molecule has 1 unspecified atom stereocenters. The highest BCUT2D eigenvalue weighted by Gasteiger charge is 2.45. The highest BCUT2D eigenvalue weighted by Crippen LogP contribution is 2.32. The largest absolute Gasteiger partial charge is 0.459 e. The molecule has 1 rings (SSSR count). The zero-order chi connectivity index (χ0) is 17.2. The first-order valence-corrected chi connectivity index (χ1v) is 7.80. The number of hydrogen-bond acceptors (Lipinski definition) is 5. The molecule has 1 amide bonds. The number of rotatable bonds is 2. The first-order chi connectivity index (χ1) is 9.88. The summed E-state index contributed by atoms with van der Waals surface area (Å²) in [6, 6.07) is 0. The van der Waals surface area contributed by atoms with Gasteiger partial charge in [-0.3, -0.25) is 4.79 Å². The maximum Gasteiger partial charge on any atom is 0.410 e. The summed E-state index contributed by atoms with van der Waals surface area (Å²) in [5, 5.41) is 0. The molecule has 22 heavy (non-hydrogen) atoms. The Labute approximate surface area is 133 Å². The van der Waals surface area contributed by atoms with E-state index >= 15 is 0 Å². The van der Waals surface area contributed by atoms with Crippen molar-refractivity contribution in [1.82, 2.24) is 4.90 Å². The molecule has 1 fully saturated rings. The summed E-state index contributed by atoms with van der Waals surface area (Å²) in [7, 11) is 0. The molecule has 1 aliphatic heterocycles. The van der Waals surface area contributed by atoms with Crippen molar-refractivity contribution in [2.45, 2.75) is 65.6 Å². The molecule has 128 valence electrons. The number of nitrogens with zero attached hydrogens (tertiary/aromatic N) is 1. The summed E-state index contributed by atoms with van der Waals surface area (Å²) < 4.78 is 10.9. The van der Waals surface area contributed by atoms with Gasteiger partial charge in [0.05, 0.1) is 5.41 Å². The van der Waals surface area contributed by atoms with E-state index in [-0.39, 0.29) is 19.1 Å². The normalized spacial score (nSPS) is 23.1. The molecule has 1 atom stereocenters. The van der Waals surface area contributed by atoms with Gasteiger partial charge in [-0.05, 0) is 54.4 Å². The van der Waals surface area contributed by atoms with Crippen LogP contribution in [0.4, 0.5) is 4.79 Å². The molecule has 1 aliphatic rings. The van der Waals surface area contributed by atoms with Crippen LogP contribution in [-0.4, -0.2) is 47.8 Å². The summed E-state index contributed by atoms with van der Waals surface area (Å²) in [5.41, 5.74) is 3.88. The molecule has 0 radical (unpaired) electrons. The fraction of sp³-hybridized carbons (Fsp3) is 0.875. The van der Waals surface area contributed by atoms with Crippen molar-refractivity contribution < 1.29 is 19.1 Å². The van der Waals surface area contributed by atoms with Crippen LogP contribution in [0.2, 0.25) is 0 Å². The van der Waals surface area contributed by atoms with E-state index in [2.05, 4.69) is 0 Å². The summed E-state index contributed by atoms with van der Waals surface area (Å²) in [4.78, 5) is 26.3. The lowest BCUT2D eigenvalue weighted by molar-refractivity contribution is -0.170. The lowest BCUT2D eigenvalue weighted by Gasteiger charge is -2.41. The molecule has 0 bridgehead atoms. The molecule has 0 aliphatic carbocycles. The molecule has 2 N–H and O–H groups in total. The molecular formula is C16H30N2O4. The van der Waals surface area contributed by atoms with E-state index < -0.39 is 22.7 Å². The van der Waals surface area contributed by atoms with Crippen LogP contribution in [0.3, 0.4) is 0 Å². The van der Waals surface area contributed by atoms with Crippen molar-refractivity contribution >= 4 is 12.1 Å². The van der Waals surface area contributed by atoms with Crippen LogP contribution in [0.5, 0.6) is 0 Å². The van der Waals surface area contributed by atoms with Gasteiger partial charge in [0, 0.05) is 19.6 Å². The minimum absolute atomic E-state index is 0.154. The van der Waals surface area contributed by atoms with Crippen LogP contribution >= 0.6 is 0 Å². The van der Waals surface area contributed by atoms with E-state index in [9.17, 15) is 9.59 Å². The number of esters is 1. The second-order valence-corrected chi connectivity index (χ2v) is 7.99. The van der Waals surface area contributed by atoms with Gasteiger partial charge in [-0.15, -0.1) is 0 Å². The molecule has 0 saturated carbocycles. The Morgan fingerprint density at radius 1 is 1.09 bits per heavy atom. The second-order valence-electron chi connectivity index (χ2n) is 7.99. The lowest BCUT2D eigenvalue weighted by Crippen LogP contribution is -2.55. The fourth-order valence-electron chi connectivity index (χ4n) is 2.42. The highest BCUT2D eigenvalue weighted by molar-refractivity contribution is 5.79. The van der Waals surface area contributed by atoms with Crippen LogP contribution < -0.4 is 5.73 Å². The number of piperidine rings is 1. The number of nitrogens with two attached hydrogens (primary N) is 1. The van der Waals surface area contributed by atoms with Crippen molar-refractivity contribution in [3.8, 4) is 0 Å². The monoisotopic (exact) mass is 314 g/mol. The van der Waals surface area contributed by atoms with E-state index in [1.54, 1.807) is 4.90 Å². The zero-order valence-electron chi connectivity index (χ0n) is 14.7. The third kappa shape index (κ3) is 5.16. The number of amides is 1. The minimum atomic E-state index is -0.845. The molecular weight excluding hydrogens is 284 g/mol. The Balaban J connectivity index is 2.85. The standard InChI is InChI=1S/C16H30N2O4/c1-14(2,3)21-12(19)16(10-17)8-7-9-18(11-16)13(20)22-15(4,5)6/h7-11,17H2,1-6H3. The Morgan fingerprint density at radius 3 is 2.09 bits per heavy atom. The fourth-order valence-corrected chi connectivity index (χ4v) is 2.42. The summed E-state index contributed by atoms with van der Waals surface area (Å²) >= 11 is 0. The average Bonchev–Trinajstić information content (AvgIpc) is 2.34. The third-order valence-electron chi connectivity index (χ3n) is 3.45. The van der Waals surface area contributed by atoms with E-state index in [0.29, 0.717) is 19.4 Å². The summed E-state index contributed by atoms with van der Waals surface area (Å²) in [6.07, 6.45) is 0.918. The van der Waals surface area contributed by atoms with Crippen molar-refractivity contribution in [3.05, 3.63) is 0 Å². The van der Waals surface area contributed by atoms with Crippen molar-refractivity contribution in [3.63, 3.8) is 0 Å². The van der Waals surface area contributed by atoms with Gasteiger partial charge in [0.15, 0.2) is 0 Å². The zero-order valence-corrected chi connectivity index (χ0v) is 14.7. The third-order valence-corrected chi connectivity index (χ3v) is 3.45. The molecule has 0 aromatic heterocycles. The first-order valence-electron chi connectivity index (χ1n) is 7.80.